The number of aliphatic hydroxyl groups is 2. The van der Waals surface area contributed by atoms with Crippen LogP contribution in [0.2, 0.25) is 0 Å². The van der Waals surface area contributed by atoms with Gasteiger partial charge in [0.05, 0.1) is 39.1 Å². The molecule has 0 bridgehead atoms. The Balaban J connectivity index is 2.59. The van der Waals surface area contributed by atoms with E-state index in [1.807, 2.05) is 0 Å². The summed E-state index contributed by atoms with van der Waals surface area (Å²) >= 11 is 0. The van der Waals surface area contributed by atoms with Crippen LogP contribution in [0, 0.1) is 0 Å². The van der Waals surface area contributed by atoms with Crippen LogP contribution in [0.4, 0.5) is 5.69 Å². The molecule has 1 aromatic rings. The molecule has 0 radical (unpaired) electrons. The van der Waals surface area contributed by atoms with Gasteiger partial charge in [-0.15, -0.1) is 5.11 Å². The lowest BCUT2D eigenvalue weighted by molar-refractivity contribution is 0.158. The number of benzene rings is 1. The van der Waals surface area contributed by atoms with E-state index in [4.69, 9.17) is 14.9 Å². The minimum Gasteiger partial charge on any atom is -0.497 e. The number of rotatable bonds is 7. The Labute approximate surface area is 100 Å². The Morgan fingerprint density at radius 1 is 1.12 bits per heavy atom. The van der Waals surface area contributed by atoms with Crippen molar-refractivity contribution in [3.8, 4) is 5.75 Å². The third kappa shape index (κ3) is 4.80. The first-order chi connectivity index (χ1) is 8.30. The van der Waals surface area contributed by atoms with Crippen LogP contribution in [-0.4, -0.2) is 48.6 Å². The van der Waals surface area contributed by atoms with Gasteiger partial charge in [-0.1, -0.05) is 5.22 Å². The quantitative estimate of drug-likeness (QED) is 0.549. The number of nitrogens with zero attached hydrogens (tertiary/aromatic N) is 3. The number of ether oxygens (including phenoxy) is 1. The molecule has 17 heavy (non-hydrogen) atoms. The third-order valence-electron chi connectivity index (χ3n) is 2.08. The van der Waals surface area contributed by atoms with Crippen molar-refractivity contribution in [3.05, 3.63) is 24.3 Å². The predicted octanol–water partition coefficient (Wildman–Crippen LogP) is 0.980. The van der Waals surface area contributed by atoms with Crippen LogP contribution < -0.4 is 4.74 Å². The Hall–Kier alpha value is -1.66. The third-order valence-corrected chi connectivity index (χ3v) is 2.08. The van der Waals surface area contributed by atoms with Gasteiger partial charge in [-0.2, -0.15) is 0 Å². The van der Waals surface area contributed by atoms with Gasteiger partial charge in [0.25, 0.3) is 0 Å². The van der Waals surface area contributed by atoms with Crippen LogP contribution >= 0.6 is 0 Å². The number of hydrogen-bond acceptors (Lipinski definition) is 5. The second-order valence-electron chi connectivity index (χ2n) is 3.29. The second kappa shape index (κ2) is 7.59. The zero-order chi connectivity index (χ0) is 12.5. The lowest BCUT2D eigenvalue weighted by Crippen LogP contribution is -2.24. The fourth-order valence-electron chi connectivity index (χ4n) is 1.20. The van der Waals surface area contributed by atoms with E-state index in [9.17, 15) is 0 Å². The first-order valence-electron chi connectivity index (χ1n) is 5.32. The molecule has 0 atom stereocenters. The summed E-state index contributed by atoms with van der Waals surface area (Å²) in [5.41, 5.74) is 0.687. The van der Waals surface area contributed by atoms with Crippen LogP contribution in [0.1, 0.15) is 0 Å². The van der Waals surface area contributed by atoms with Crippen LogP contribution in [0.25, 0.3) is 0 Å². The number of aliphatic hydroxyl groups excluding tert-OH is 2. The molecule has 1 rings (SSSR count). The maximum absolute atomic E-state index is 8.79. The molecule has 0 aliphatic heterocycles. The molecule has 0 aliphatic rings. The molecule has 0 amide bonds. The highest BCUT2D eigenvalue weighted by Crippen LogP contribution is 2.18. The fraction of sp³-hybridized carbons (Fsp3) is 0.455. The minimum atomic E-state index is -0.0262. The molecule has 0 saturated carbocycles. The molecule has 94 valence electrons. The average Bonchev–Trinajstić information content (AvgIpc) is 2.37. The van der Waals surface area contributed by atoms with Gasteiger partial charge in [0.2, 0.25) is 0 Å². The summed E-state index contributed by atoms with van der Waals surface area (Å²) in [5, 5.41) is 27.0. The summed E-state index contributed by atoms with van der Waals surface area (Å²) < 4.78 is 5.02. The van der Waals surface area contributed by atoms with Gasteiger partial charge < -0.3 is 14.9 Å². The van der Waals surface area contributed by atoms with Gasteiger partial charge in [0.15, 0.2) is 0 Å². The standard InChI is InChI=1S/C11H17N3O3/c1-17-11-4-2-10(3-5-11)12-13-14(6-8-15)7-9-16/h2-5,15-16H,6-9H2,1H3. The summed E-state index contributed by atoms with van der Waals surface area (Å²) in [6.45, 7) is 0.643. The van der Waals surface area contributed by atoms with Crippen LogP contribution in [0.3, 0.4) is 0 Å². The maximum Gasteiger partial charge on any atom is 0.119 e. The van der Waals surface area contributed by atoms with E-state index in [-0.39, 0.29) is 13.2 Å². The summed E-state index contributed by atoms with van der Waals surface area (Å²) in [6, 6.07) is 7.13. The largest absolute Gasteiger partial charge is 0.497 e. The Kier molecular flexibility index (Phi) is 5.98. The van der Waals surface area contributed by atoms with Gasteiger partial charge in [0, 0.05) is 0 Å². The molecule has 2 N–H and O–H groups in total. The molecule has 0 unspecified atom stereocenters. The minimum absolute atomic E-state index is 0.0262. The fourth-order valence-corrected chi connectivity index (χ4v) is 1.20. The smallest absolute Gasteiger partial charge is 0.119 e. The van der Waals surface area contributed by atoms with E-state index in [0.717, 1.165) is 5.75 Å². The zero-order valence-electron chi connectivity index (χ0n) is 9.78. The van der Waals surface area contributed by atoms with Crippen molar-refractivity contribution in [2.45, 2.75) is 0 Å². The molecule has 0 saturated heterocycles. The number of hydrogen-bond donors (Lipinski definition) is 2. The monoisotopic (exact) mass is 239 g/mol. The highest BCUT2D eigenvalue weighted by Gasteiger charge is 1.99. The Bertz CT molecular complexity index is 334. The SMILES string of the molecule is COc1ccc(N=NN(CCO)CCO)cc1. The lowest BCUT2D eigenvalue weighted by Gasteiger charge is -2.14. The van der Waals surface area contributed by atoms with E-state index in [0.29, 0.717) is 18.8 Å². The van der Waals surface area contributed by atoms with E-state index in [1.54, 1.807) is 31.4 Å². The molecule has 6 nitrogen and oxygen atoms in total. The first-order valence-corrected chi connectivity index (χ1v) is 5.32. The topological polar surface area (TPSA) is 77.7 Å². The highest BCUT2D eigenvalue weighted by atomic mass is 16.5. The first kappa shape index (κ1) is 13.4. The van der Waals surface area contributed by atoms with E-state index in [1.165, 1.54) is 5.01 Å². The average molecular weight is 239 g/mol. The molecule has 0 fully saturated rings. The van der Waals surface area contributed by atoms with Gasteiger partial charge >= 0.3 is 0 Å². The van der Waals surface area contributed by atoms with Crippen LogP contribution in [-0.2, 0) is 0 Å². The molecule has 0 heterocycles. The lowest BCUT2D eigenvalue weighted by atomic mass is 10.3. The van der Waals surface area contributed by atoms with Crippen molar-refractivity contribution >= 4 is 5.69 Å². The summed E-state index contributed by atoms with van der Waals surface area (Å²) in [6.07, 6.45) is 0. The van der Waals surface area contributed by atoms with Gasteiger partial charge in [-0.05, 0) is 24.3 Å². The van der Waals surface area contributed by atoms with Crippen molar-refractivity contribution < 1.29 is 14.9 Å². The van der Waals surface area contributed by atoms with Crippen LogP contribution in [0.15, 0.2) is 34.6 Å². The molecular weight excluding hydrogens is 222 g/mol. The molecule has 6 heteroatoms. The van der Waals surface area contributed by atoms with Crippen molar-refractivity contribution in [2.75, 3.05) is 33.4 Å². The maximum atomic E-state index is 8.79. The van der Waals surface area contributed by atoms with Gasteiger partial charge in [-0.3, -0.25) is 5.01 Å². The predicted molar refractivity (Wildman–Crippen MR) is 63.3 cm³/mol. The summed E-state index contributed by atoms with van der Waals surface area (Å²) in [4.78, 5) is 0. The number of methoxy groups -OCH3 is 1. The molecule has 0 spiro atoms. The van der Waals surface area contributed by atoms with Gasteiger partial charge in [0.1, 0.15) is 5.75 Å². The van der Waals surface area contributed by atoms with Gasteiger partial charge in [-0.25, -0.2) is 0 Å². The normalized spacial score (nSPS) is 10.8. The van der Waals surface area contributed by atoms with Crippen molar-refractivity contribution in [1.29, 1.82) is 0 Å². The van der Waals surface area contributed by atoms with E-state index >= 15 is 0 Å². The zero-order valence-corrected chi connectivity index (χ0v) is 9.78. The van der Waals surface area contributed by atoms with E-state index in [2.05, 4.69) is 10.3 Å². The molecule has 0 aromatic heterocycles. The summed E-state index contributed by atoms with van der Waals surface area (Å²) in [5.74, 6) is 0.756. The molecule has 0 aliphatic carbocycles. The Morgan fingerprint density at radius 2 is 1.71 bits per heavy atom. The van der Waals surface area contributed by atoms with Crippen molar-refractivity contribution in [3.63, 3.8) is 0 Å². The summed E-state index contributed by atoms with van der Waals surface area (Å²) in [7, 11) is 1.60. The molecule has 1 aromatic carbocycles. The van der Waals surface area contributed by atoms with Crippen molar-refractivity contribution in [1.82, 2.24) is 5.01 Å². The van der Waals surface area contributed by atoms with Crippen LogP contribution in [0.5, 0.6) is 5.75 Å². The van der Waals surface area contributed by atoms with Crippen molar-refractivity contribution in [2.24, 2.45) is 10.3 Å². The Morgan fingerprint density at radius 3 is 2.18 bits per heavy atom. The highest BCUT2D eigenvalue weighted by molar-refractivity contribution is 5.40. The van der Waals surface area contributed by atoms with E-state index < -0.39 is 0 Å². The second-order valence-corrected chi connectivity index (χ2v) is 3.29. The molecular formula is C11H17N3O3.